The molecule has 5 heteroatoms. The molecule has 0 bridgehead atoms. The molecule has 1 atom stereocenters. The van der Waals surface area contributed by atoms with Crippen molar-refractivity contribution >= 4 is 0 Å². The molecule has 1 heterocycles. The first-order valence-corrected chi connectivity index (χ1v) is 5.94. The van der Waals surface area contributed by atoms with Gasteiger partial charge in [0.25, 0.3) is 0 Å². The Morgan fingerprint density at radius 1 is 1.44 bits per heavy atom. The summed E-state index contributed by atoms with van der Waals surface area (Å²) >= 11 is 0. The van der Waals surface area contributed by atoms with Gasteiger partial charge < -0.3 is 10.4 Å². The van der Waals surface area contributed by atoms with E-state index in [4.69, 9.17) is 0 Å². The summed E-state index contributed by atoms with van der Waals surface area (Å²) in [7, 11) is 0. The van der Waals surface area contributed by atoms with E-state index in [1.807, 2.05) is 4.68 Å². The van der Waals surface area contributed by atoms with Gasteiger partial charge in [-0.2, -0.15) is 5.10 Å². The standard InChI is InChI=1S/C11H22N4O/c1-3-11(8-16,13-4-2)6-5-7-15-10-12-9-14-15/h9-10,13,16H,3-8H2,1-2H3. The molecule has 1 aromatic heterocycles. The molecule has 5 nitrogen and oxygen atoms in total. The second-order valence-electron chi connectivity index (χ2n) is 4.08. The Morgan fingerprint density at radius 2 is 2.25 bits per heavy atom. The van der Waals surface area contributed by atoms with Crippen molar-refractivity contribution in [3.05, 3.63) is 12.7 Å². The maximum absolute atomic E-state index is 9.47. The van der Waals surface area contributed by atoms with E-state index in [1.165, 1.54) is 0 Å². The zero-order valence-electron chi connectivity index (χ0n) is 10.2. The minimum Gasteiger partial charge on any atom is -0.394 e. The number of nitrogens with zero attached hydrogens (tertiary/aromatic N) is 3. The number of aryl methyl sites for hydroxylation is 1. The van der Waals surface area contributed by atoms with Crippen LogP contribution < -0.4 is 5.32 Å². The van der Waals surface area contributed by atoms with E-state index >= 15 is 0 Å². The molecule has 2 N–H and O–H groups in total. The fourth-order valence-corrected chi connectivity index (χ4v) is 1.94. The average molecular weight is 226 g/mol. The number of nitrogens with one attached hydrogen (secondary N) is 1. The van der Waals surface area contributed by atoms with Crippen molar-refractivity contribution in [3.8, 4) is 0 Å². The third kappa shape index (κ3) is 3.57. The molecule has 0 aliphatic rings. The summed E-state index contributed by atoms with van der Waals surface area (Å²) in [6, 6.07) is 0. The van der Waals surface area contributed by atoms with Crippen molar-refractivity contribution in [2.75, 3.05) is 13.2 Å². The molecule has 16 heavy (non-hydrogen) atoms. The molecule has 0 saturated heterocycles. The van der Waals surface area contributed by atoms with E-state index in [9.17, 15) is 5.11 Å². The lowest BCUT2D eigenvalue weighted by atomic mass is 9.91. The van der Waals surface area contributed by atoms with Gasteiger partial charge in [0, 0.05) is 12.1 Å². The number of hydrogen-bond donors (Lipinski definition) is 2. The molecule has 1 unspecified atom stereocenters. The lowest BCUT2D eigenvalue weighted by molar-refractivity contribution is 0.144. The highest BCUT2D eigenvalue weighted by atomic mass is 16.3. The van der Waals surface area contributed by atoms with Gasteiger partial charge in [0.1, 0.15) is 12.7 Å². The highest BCUT2D eigenvalue weighted by molar-refractivity contribution is 4.85. The van der Waals surface area contributed by atoms with Crippen molar-refractivity contribution < 1.29 is 5.11 Å². The summed E-state index contributed by atoms with van der Waals surface area (Å²) in [5.41, 5.74) is -0.130. The van der Waals surface area contributed by atoms with Crippen molar-refractivity contribution in [3.63, 3.8) is 0 Å². The number of hydrogen-bond acceptors (Lipinski definition) is 4. The Morgan fingerprint density at radius 3 is 2.75 bits per heavy atom. The topological polar surface area (TPSA) is 63.0 Å². The van der Waals surface area contributed by atoms with Crippen LogP contribution in [-0.2, 0) is 6.54 Å². The Hall–Kier alpha value is -0.940. The minimum atomic E-state index is -0.130. The highest BCUT2D eigenvalue weighted by Gasteiger charge is 2.25. The Kier molecular flexibility index (Phi) is 5.42. The van der Waals surface area contributed by atoms with Crippen LogP contribution in [0.2, 0.25) is 0 Å². The van der Waals surface area contributed by atoms with Crippen LogP contribution in [0.4, 0.5) is 0 Å². The molecule has 0 amide bonds. The Balaban J connectivity index is 2.37. The third-order valence-corrected chi connectivity index (χ3v) is 3.04. The second kappa shape index (κ2) is 6.60. The Bertz CT molecular complexity index is 270. The van der Waals surface area contributed by atoms with Crippen LogP contribution in [0, 0.1) is 0 Å². The lowest BCUT2D eigenvalue weighted by Gasteiger charge is -2.31. The molecule has 0 saturated carbocycles. The molecule has 92 valence electrons. The molecule has 1 aromatic rings. The minimum absolute atomic E-state index is 0.130. The van der Waals surface area contributed by atoms with E-state index < -0.39 is 0 Å². The van der Waals surface area contributed by atoms with E-state index in [-0.39, 0.29) is 12.1 Å². The summed E-state index contributed by atoms with van der Waals surface area (Å²) in [6.45, 7) is 6.10. The number of aliphatic hydroxyl groups excluding tert-OH is 1. The lowest BCUT2D eigenvalue weighted by Crippen LogP contribution is -2.48. The normalized spacial score (nSPS) is 14.9. The maximum atomic E-state index is 9.47. The van der Waals surface area contributed by atoms with Gasteiger partial charge in [-0.1, -0.05) is 13.8 Å². The molecule has 1 rings (SSSR count). The van der Waals surface area contributed by atoms with Crippen LogP contribution in [-0.4, -0.2) is 38.6 Å². The predicted octanol–water partition coefficient (Wildman–Crippen LogP) is 0.809. The predicted molar refractivity (Wildman–Crippen MR) is 63.0 cm³/mol. The van der Waals surface area contributed by atoms with Crippen LogP contribution >= 0.6 is 0 Å². The van der Waals surface area contributed by atoms with Crippen LogP contribution in [0.5, 0.6) is 0 Å². The largest absolute Gasteiger partial charge is 0.394 e. The van der Waals surface area contributed by atoms with Gasteiger partial charge >= 0.3 is 0 Å². The summed E-state index contributed by atoms with van der Waals surface area (Å²) in [6.07, 6.45) is 6.15. The summed E-state index contributed by atoms with van der Waals surface area (Å²) in [5.74, 6) is 0. The first-order chi connectivity index (χ1) is 7.76. The number of rotatable bonds is 8. The number of likely N-dealkylation sites (N-methyl/N-ethyl adjacent to an activating group) is 1. The van der Waals surface area contributed by atoms with Gasteiger partial charge in [-0.25, -0.2) is 4.98 Å². The van der Waals surface area contributed by atoms with Gasteiger partial charge in [0.15, 0.2) is 0 Å². The average Bonchev–Trinajstić information content (AvgIpc) is 2.81. The van der Waals surface area contributed by atoms with Crippen LogP contribution in [0.1, 0.15) is 33.1 Å². The molecule has 0 aliphatic heterocycles. The van der Waals surface area contributed by atoms with E-state index in [0.717, 1.165) is 32.4 Å². The van der Waals surface area contributed by atoms with Crippen LogP contribution in [0.3, 0.4) is 0 Å². The van der Waals surface area contributed by atoms with Crippen molar-refractivity contribution in [1.29, 1.82) is 0 Å². The van der Waals surface area contributed by atoms with Gasteiger partial charge in [0.05, 0.1) is 6.61 Å². The van der Waals surface area contributed by atoms with Gasteiger partial charge in [-0.05, 0) is 25.8 Å². The van der Waals surface area contributed by atoms with E-state index in [2.05, 4.69) is 29.2 Å². The smallest absolute Gasteiger partial charge is 0.137 e. The molecule has 0 radical (unpaired) electrons. The fraction of sp³-hybridized carbons (Fsp3) is 0.818. The molecule has 0 spiro atoms. The number of aromatic nitrogens is 3. The fourth-order valence-electron chi connectivity index (χ4n) is 1.94. The van der Waals surface area contributed by atoms with E-state index in [1.54, 1.807) is 12.7 Å². The maximum Gasteiger partial charge on any atom is 0.137 e. The molecular formula is C11H22N4O. The first-order valence-electron chi connectivity index (χ1n) is 5.94. The first kappa shape index (κ1) is 13.1. The molecule has 0 fully saturated rings. The van der Waals surface area contributed by atoms with Gasteiger partial charge in [-0.15, -0.1) is 0 Å². The zero-order chi connectivity index (χ0) is 11.9. The van der Waals surface area contributed by atoms with Crippen molar-refractivity contribution in [2.24, 2.45) is 0 Å². The summed E-state index contributed by atoms with van der Waals surface area (Å²) in [5, 5.41) is 16.9. The van der Waals surface area contributed by atoms with Crippen LogP contribution in [0.15, 0.2) is 12.7 Å². The van der Waals surface area contributed by atoms with Crippen molar-refractivity contribution in [1.82, 2.24) is 20.1 Å². The summed E-state index contributed by atoms with van der Waals surface area (Å²) in [4.78, 5) is 3.90. The van der Waals surface area contributed by atoms with Crippen molar-refractivity contribution in [2.45, 2.75) is 45.2 Å². The Labute approximate surface area is 96.9 Å². The quantitative estimate of drug-likeness (QED) is 0.688. The third-order valence-electron chi connectivity index (χ3n) is 3.04. The van der Waals surface area contributed by atoms with Gasteiger partial charge in [-0.3, -0.25) is 4.68 Å². The van der Waals surface area contributed by atoms with E-state index in [0.29, 0.717) is 0 Å². The molecular weight excluding hydrogens is 204 g/mol. The van der Waals surface area contributed by atoms with Gasteiger partial charge in [0.2, 0.25) is 0 Å². The highest BCUT2D eigenvalue weighted by Crippen LogP contribution is 2.17. The SMILES string of the molecule is CCNC(CC)(CO)CCCn1cncn1. The molecule has 0 aliphatic carbocycles. The number of aliphatic hydroxyl groups is 1. The monoisotopic (exact) mass is 226 g/mol. The molecule has 0 aromatic carbocycles. The summed E-state index contributed by atoms with van der Waals surface area (Å²) < 4.78 is 1.82. The second-order valence-corrected chi connectivity index (χ2v) is 4.08. The van der Waals surface area contributed by atoms with Crippen LogP contribution in [0.25, 0.3) is 0 Å². The zero-order valence-corrected chi connectivity index (χ0v) is 10.2.